The van der Waals surface area contributed by atoms with E-state index in [2.05, 4.69) is 16.8 Å². The standard InChI is InChI=1S/C14H22N2O2/c1-10-6-15-13(11(2)14(10)18-3)8-16-5-4-12(7-16)9-17/h6,12,17H,4-5,7-9H2,1-3H3. The highest BCUT2D eigenvalue weighted by Gasteiger charge is 2.23. The number of nitrogens with zero attached hydrogens (tertiary/aromatic N) is 2. The molecule has 1 unspecified atom stereocenters. The van der Waals surface area contributed by atoms with Crippen LogP contribution in [0.25, 0.3) is 0 Å². The summed E-state index contributed by atoms with van der Waals surface area (Å²) in [5.41, 5.74) is 3.29. The largest absolute Gasteiger partial charge is 0.496 e. The van der Waals surface area contributed by atoms with Gasteiger partial charge < -0.3 is 9.84 Å². The average molecular weight is 250 g/mol. The number of aliphatic hydroxyl groups excluding tert-OH is 1. The summed E-state index contributed by atoms with van der Waals surface area (Å²) in [5.74, 6) is 1.37. The van der Waals surface area contributed by atoms with Gasteiger partial charge in [0.05, 0.1) is 12.8 Å². The van der Waals surface area contributed by atoms with Crippen molar-refractivity contribution in [2.75, 3.05) is 26.8 Å². The predicted octanol–water partition coefficient (Wildman–Crippen LogP) is 1.52. The molecule has 1 atom stereocenters. The van der Waals surface area contributed by atoms with Gasteiger partial charge in [0.2, 0.25) is 0 Å². The van der Waals surface area contributed by atoms with Crippen molar-refractivity contribution in [1.82, 2.24) is 9.88 Å². The maximum absolute atomic E-state index is 9.16. The highest BCUT2D eigenvalue weighted by molar-refractivity contribution is 5.41. The Morgan fingerprint density at radius 3 is 2.89 bits per heavy atom. The van der Waals surface area contributed by atoms with Gasteiger partial charge in [-0.15, -0.1) is 0 Å². The van der Waals surface area contributed by atoms with Gasteiger partial charge in [0.25, 0.3) is 0 Å². The molecule has 0 aromatic carbocycles. The van der Waals surface area contributed by atoms with Gasteiger partial charge in [0.1, 0.15) is 5.75 Å². The maximum atomic E-state index is 9.16. The van der Waals surface area contributed by atoms with Crippen LogP contribution >= 0.6 is 0 Å². The molecule has 0 radical (unpaired) electrons. The van der Waals surface area contributed by atoms with Crippen molar-refractivity contribution in [2.24, 2.45) is 5.92 Å². The number of aromatic nitrogens is 1. The molecule has 4 nitrogen and oxygen atoms in total. The Kier molecular flexibility index (Phi) is 4.19. The topological polar surface area (TPSA) is 45.6 Å². The van der Waals surface area contributed by atoms with Crippen LogP contribution in [0.1, 0.15) is 23.2 Å². The van der Waals surface area contributed by atoms with E-state index >= 15 is 0 Å². The smallest absolute Gasteiger partial charge is 0.128 e. The molecule has 1 aromatic heterocycles. The van der Waals surface area contributed by atoms with E-state index in [1.165, 1.54) is 0 Å². The summed E-state index contributed by atoms with van der Waals surface area (Å²) in [5, 5.41) is 9.16. The van der Waals surface area contributed by atoms with Crippen molar-refractivity contribution >= 4 is 0 Å². The summed E-state index contributed by atoms with van der Waals surface area (Å²) >= 11 is 0. The van der Waals surface area contributed by atoms with Crippen molar-refractivity contribution in [2.45, 2.75) is 26.8 Å². The van der Waals surface area contributed by atoms with E-state index in [0.717, 1.165) is 48.6 Å². The second kappa shape index (κ2) is 5.67. The molecule has 0 saturated carbocycles. The number of methoxy groups -OCH3 is 1. The normalized spacial score (nSPS) is 20.3. The number of rotatable bonds is 4. The number of hydrogen-bond donors (Lipinski definition) is 1. The molecule has 0 bridgehead atoms. The first-order chi connectivity index (χ1) is 8.65. The maximum Gasteiger partial charge on any atom is 0.128 e. The fraction of sp³-hybridized carbons (Fsp3) is 0.643. The first-order valence-corrected chi connectivity index (χ1v) is 6.48. The fourth-order valence-electron chi connectivity index (χ4n) is 2.65. The summed E-state index contributed by atoms with van der Waals surface area (Å²) in [6.07, 6.45) is 2.96. The van der Waals surface area contributed by atoms with Crippen LogP contribution in [0.4, 0.5) is 0 Å². The van der Waals surface area contributed by atoms with Crippen LogP contribution in [0.3, 0.4) is 0 Å². The minimum atomic E-state index is 0.292. The Bertz CT molecular complexity index is 421. The van der Waals surface area contributed by atoms with E-state index in [9.17, 15) is 0 Å². The van der Waals surface area contributed by atoms with Crippen molar-refractivity contribution < 1.29 is 9.84 Å². The van der Waals surface area contributed by atoms with Crippen LogP contribution in [-0.4, -0.2) is 41.8 Å². The van der Waals surface area contributed by atoms with Gasteiger partial charge >= 0.3 is 0 Å². The zero-order chi connectivity index (χ0) is 13.1. The molecule has 2 rings (SSSR count). The molecular weight excluding hydrogens is 228 g/mol. The number of pyridine rings is 1. The molecule has 4 heteroatoms. The molecule has 18 heavy (non-hydrogen) atoms. The van der Waals surface area contributed by atoms with Crippen LogP contribution < -0.4 is 4.74 Å². The van der Waals surface area contributed by atoms with Gasteiger partial charge in [-0.1, -0.05) is 0 Å². The molecule has 1 aliphatic heterocycles. The van der Waals surface area contributed by atoms with Gasteiger partial charge in [0, 0.05) is 37.0 Å². The zero-order valence-electron chi connectivity index (χ0n) is 11.4. The second-order valence-corrected chi connectivity index (χ2v) is 5.12. The highest BCUT2D eigenvalue weighted by atomic mass is 16.5. The summed E-state index contributed by atoms with van der Waals surface area (Å²) in [7, 11) is 1.71. The van der Waals surface area contributed by atoms with Gasteiger partial charge in [-0.3, -0.25) is 9.88 Å². The van der Waals surface area contributed by atoms with Gasteiger partial charge in [-0.05, 0) is 32.7 Å². The minimum Gasteiger partial charge on any atom is -0.496 e. The molecule has 1 fully saturated rings. The Labute approximate surface area is 109 Å². The number of aryl methyl sites for hydroxylation is 1. The van der Waals surface area contributed by atoms with E-state index < -0.39 is 0 Å². The van der Waals surface area contributed by atoms with Crippen LogP contribution in [0.2, 0.25) is 0 Å². The van der Waals surface area contributed by atoms with Gasteiger partial charge in [-0.2, -0.15) is 0 Å². The Morgan fingerprint density at radius 1 is 1.50 bits per heavy atom. The van der Waals surface area contributed by atoms with Crippen LogP contribution in [0.15, 0.2) is 6.20 Å². The van der Waals surface area contributed by atoms with E-state index in [0.29, 0.717) is 12.5 Å². The van der Waals surface area contributed by atoms with Crippen molar-refractivity contribution in [3.05, 3.63) is 23.0 Å². The quantitative estimate of drug-likeness (QED) is 0.880. The van der Waals surface area contributed by atoms with Gasteiger partial charge in [-0.25, -0.2) is 0 Å². The number of ether oxygens (including phenoxy) is 1. The molecular formula is C14H22N2O2. The molecule has 1 saturated heterocycles. The summed E-state index contributed by atoms with van der Waals surface area (Å²) < 4.78 is 5.42. The third-order valence-corrected chi connectivity index (χ3v) is 3.75. The van der Waals surface area contributed by atoms with Crippen LogP contribution in [-0.2, 0) is 6.54 Å². The molecule has 100 valence electrons. The fourth-order valence-corrected chi connectivity index (χ4v) is 2.65. The van der Waals surface area contributed by atoms with Crippen LogP contribution in [0, 0.1) is 19.8 Å². The number of aliphatic hydroxyl groups is 1. The lowest BCUT2D eigenvalue weighted by atomic mass is 10.1. The van der Waals surface area contributed by atoms with E-state index in [-0.39, 0.29) is 0 Å². The lowest BCUT2D eigenvalue weighted by molar-refractivity contribution is 0.219. The molecule has 1 N–H and O–H groups in total. The monoisotopic (exact) mass is 250 g/mol. The van der Waals surface area contributed by atoms with E-state index in [1.54, 1.807) is 7.11 Å². The predicted molar refractivity (Wildman–Crippen MR) is 70.7 cm³/mol. The Hall–Kier alpha value is -1.13. The third kappa shape index (κ3) is 2.65. The molecule has 2 heterocycles. The van der Waals surface area contributed by atoms with Crippen molar-refractivity contribution in [3.8, 4) is 5.75 Å². The summed E-state index contributed by atoms with van der Waals surface area (Å²) in [6, 6.07) is 0. The second-order valence-electron chi connectivity index (χ2n) is 5.12. The lowest BCUT2D eigenvalue weighted by Gasteiger charge is -2.18. The Morgan fingerprint density at radius 2 is 2.28 bits per heavy atom. The number of likely N-dealkylation sites (tertiary alicyclic amines) is 1. The molecule has 1 aliphatic rings. The first kappa shape index (κ1) is 13.3. The first-order valence-electron chi connectivity index (χ1n) is 6.48. The molecule has 1 aromatic rings. The van der Waals surface area contributed by atoms with Gasteiger partial charge in [0.15, 0.2) is 0 Å². The number of hydrogen-bond acceptors (Lipinski definition) is 4. The summed E-state index contributed by atoms with van der Waals surface area (Å²) in [4.78, 5) is 6.87. The Balaban J connectivity index is 2.10. The highest BCUT2D eigenvalue weighted by Crippen LogP contribution is 2.26. The zero-order valence-corrected chi connectivity index (χ0v) is 11.4. The molecule has 0 amide bonds. The summed E-state index contributed by atoms with van der Waals surface area (Å²) in [6.45, 7) is 7.23. The lowest BCUT2D eigenvalue weighted by Crippen LogP contribution is -2.22. The van der Waals surface area contributed by atoms with Crippen molar-refractivity contribution in [3.63, 3.8) is 0 Å². The molecule has 0 aliphatic carbocycles. The van der Waals surface area contributed by atoms with Crippen molar-refractivity contribution in [1.29, 1.82) is 0 Å². The third-order valence-electron chi connectivity index (χ3n) is 3.75. The molecule has 0 spiro atoms. The average Bonchev–Trinajstić information content (AvgIpc) is 2.81. The van der Waals surface area contributed by atoms with E-state index in [1.807, 2.05) is 13.1 Å². The van der Waals surface area contributed by atoms with E-state index in [4.69, 9.17) is 9.84 Å². The SMILES string of the molecule is COc1c(C)cnc(CN2CCC(CO)C2)c1C. The minimum absolute atomic E-state index is 0.292. The van der Waals surface area contributed by atoms with Crippen LogP contribution in [0.5, 0.6) is 5.75 Å².